The maximum absolute atomic E-state index is 11.1. The molecule has 0 saturated heterocycles. The number of nitrogens with zero attached hydrogens (tertiary/aromatic N) is 2. The van der Waals surface area contributed by atoms with Gasteiger partial charge in [-0.05, 0) is 31.5 Å². The van der Waals surface area contributed by atoms with Crippen LogP contribution in [0.15, 0.2) is 34.9 Å². The molecule has 96 valence electrons. The molecule has 3 rings (SSSR count). The Hall–Kier alpha value is -2.36. The predicted octanol–water partition coefficient (Wildman–Crippen LogP) is 3.44. The number of hydrogen-bond acceptors (Lipinski definition) is 3. The number of furan rings is 1. The first-order valence-corrected chi connectivity index (χ1v) is 6.24. The number of carbonyl (C=O) groups is 1. The van der Waals surface area contributed by atoms with Crippen LogP contribution in [0.1, 0.15) is 22.8 Å². The molecule has 0 atom stereocenters. The average Bonchev–Trinajstić information content (AvgIpc) is 3.00. The number of aryl methyl sites for hydroxylation is 2. The first-order valence-electron chi connectivity index (χ1n) is 6.24. The fourth-order valence-corrected chi connectivity index (χ4v) is 2.13. The van der Waals surface area contributed by atoms with Gasteiger partial charge in [-0.25, -0.2) is 0 Å². The summed E-state index contributed by atoms with van der Waals surface area (Å²) in [5.41, 5.74) is 3.12. The molecule has 0 aliphatic rings. The van der Waals surface area contributed by atoms with Crippen LogP contribution in [0.5, 0.6) is 0 Å². The third-order valence-corrected chi connectivity index (χ3v) is 3.15. The van der Waals surface area contributed by atoms with Crippen LogP contribution in [-0.2, 0) is 6.54 Å². The van der Waals surface area contributed by atoms with Crippen LogP contribution in [0.4, 0.5) is 0 Å². The predicted molar refractivity (Wildman–Crippen MR) is 73.2 cm³/mol. The molecule has 0 aliphatic carbocycles. The Bertz CT molecular complexity index is 753. The van der Waals surface area contributed by atoms with Gasteiger partial charge in [-0.2, -0.15) is 5.10 Å². The van der Waals surface area contributed by atoms with E-state index in [-0.39, 0.29) is 0 Å². The zero-order chi connectivity index (χ0) is 13.4. The molecular formula is C15H14N2O2. The summed E-state index contributed by atoms with van der Waals surface area (Å²) < 4.78 is 7.53. The Kier molecular flexibility index (Phi) is 2.71. The van der Waals surface area contributed by atoms with E-state index >= 15 is 0 Å². The molecule has 0 bridgehead atoms. The van der Waals surface area contributed by atoms with Gasteiger partial charge in [-0.1, -0.05) is 12.1 Å². The summed E-state index contributed by atoms with van der Waals surface area (Å²) in [6.07, 6.45) is 2.55. The van der Waals surface area contributed by atoms with Gasteiger partial charge in [0, 0.05) is 18.1 Å². The molecule has 4 nitrogen and oxygen atoms in total. The Morgan fingerprint density at radius 1 is 1.37 bits per heavy atom. The van der Waals surface area contributed by atoms with Crippen LogP contribution in [-0.4, -0.2) is 16.1 Å². The van der Waals surface area contributed by atoms with Crippen LogP contribution in [0.3, 0.4) is 0 Å². The molecule has 0 fully saturated rings. The van der Waals surface area contributed by atoms with Crippen molar-refractivity contribution in [2.45, 2.75) is 20.4 Å². The van der Waals surface area contributed by atoms with Gasteiger partial charge in [-0.3, -0.25) is 9.48 Å². The molecule has 0 spiro atoms. The highest BCUT2D eigenvalue weighted by Gasteiger charge is 2.14. The fraction of sp³-hybridized carbons (Fsp3) is 0.200. The lowest BCUT2D eigenvalue weighted by Gasteiger charge is -1.92. The van der Waals surface area contributed by atoms with Crippen molar-refractivity contribution in [2.24, 2.45) is 0 Å². The van der Waals surface area contributed by atoms with Crippen LogP contribution in [0, 0.1) is 6.92 Å². The molecule has 3 aromatic rings. The highest BCUT2D eigenvalue weighted by molar-refractivity contribution is 5.88. The van der Waals surface area contributed by atoms with Crippen molar-refractivity contribution >= 4 is 17.3 Å². The Labute approximate surface area is 110 Å². The number of benzene rings is 1. The Balaban J connectivity index is 2.18. The molecule has 0 amide bonds. The Morgan fingerprint density at radius 2 is 2.21 bits per heavy atom. The van der Waals surface area contributed by atoms with Crippen LogP contribution in [0.25, 0.3) is 22.4 Å². The molecule has 0 saturated carbocycles. The van der Waals surface area contributed by atoms with E-state index in [0.29, 0.717) is 17.0 Å². The van der Waals surface area contributed by atoms with E-state index in [0.717, 1.165) is 29.4 Å². The van der Waals surface area contributed by atoms with Crippen LogP contribution < -0.4 is 0 Å². The first-order chi connectivity index (χ1) is 9.21. The average molecular weight is 254 g/mol. The zero-order valence-corrected chi connectivity index (χ0v) is 10.9. The molecule has 2 heterocycles. The van der Waals surface area contributed by atoms with Gasteiger partial charge < -0.3 is 4.42 Å². The molecule has 0 aliphatic heterocycles. The van der Waals surface area contributed by atoms with E-state index in [1.807, 2.05) is 38.1 Å². The third-order valence-electron chi connectivity index (χ3n) is 3.15. The highest BCUT2D eigenvalue weighted by Crippen LogP contribution is 2.29. The number of fused-ring (bicyclic) bond motifs is 1. The van der Waals surface area contributed by atoms with Crippen molar-refractivity contribution in [1.29, 1.82) is 0 Å². The van der Waals surface area contributed by atoms with Gasteiger partial charge in [0.05, 0.1) is 5.56 Å². The second kappa shape index (κ2) is 4.39. The van der Waals surface area contributed by atoms with E-state index in [4.69, 9.17) is 4.42 Å². The number of rotatable bonds is 3. The second-order valence-corrected chi connectivity index (χ2v) is 4.56. The topological polar surface area (TPSA) is 48.0 Å². The number of aromatic nitrogens is 2. The molecule has 0 unspecified atom stereocenters. The van der Waals surface area contributed by atoms with E-state index in [1.54, 1.807) is 10.9 Å². The SMILES string of the molecule is CCn1cc(C=O)c(-c2cc3ccc(C)cc3o2)n1. The normalized spacial score (nSPS) is 11.1. The van der Waals surface area contributed by atoms with Crippen LogP contribution in [0.2, 0.25) is 0 Å². The lowest BCUT2D eigenvalue weighted by atomic mass is 10.2. The molecule has 2 aromatic heterocycles. The van der Waals surface area contributed by atoms with Gasteiger partial charge in [-0.15, -0.1) is 0 Å². The maximum Gasteiger partial charge on any atom is 0.156 e. The van der Waals surface area contributed by atoms with E-state index < -0.39 is 0 Å². The van der Waals surface area contributed by atoms with Crippen molar-refractivity contribution in [3.63, 3.8) is 0 Å². The summed E-state index contributed by atoms with van der Waals surface area (Å²) in [4.78, 5) is 11.1. The molecule has 0 radical (unpaired) electrons. The summed E-state index contributed by atoms with van der Waals surface area (Å²) in [6, 6.07) is 7.95. The molecule has 0 N–H and O–H groups in total. The number of hydrogen-bond donors (Lipinski definition) is 0. The second-order valence-electron chi connectivity index (χ2n) is 4.56. The number of carbonyl (C=O) groups excluding carboxylic acids is 1. The van der Waals surface area contributed by atoms with Crippen molar-refractivity contribution in [3.8, 4) is 11.5 Å². The summed E-state index contributed by atoms with van der Waals surface area (Å²) in [5, 5.41) is 5.40. The van der Waals surface area contributed by atoms with Gasteiger partial charge in [0.2, 0.25) is 0 Å². The zero-order valence-electron chi connectivity index (χ0n) is 10.9. The third kappa shape index (κ3) is 1.95. The van der Waals surface area contributed by atoms with Gasteiger partial charge in [0.25, 0.3) is 0 Å². The lowest BCUT2D eigenvalue weighted by molar-refractivity contribution is 0.112. The van der Waals surface area contributed by atoms with Crippen molar-refractivity contribution in [3.05, 3.63) is 41.6 Å². The first kappa shape index (κ1) is 11.7. The minimum Gasteiger partial charge on any atom is -0.454 e. The monoisotopic (exact) mass is 254 g/mol. The lowest BCUT2D eigenvalue weighted by Crippen LogP contribution is -1.93. The smallest absolute Gasteiger partial charge is 0.156 e. The van der Waals surface area contributed by atoms with E-state index in [9.17, 15) is 4.79 Å². The van der Waals surface area contributed by atoms with Gasteiger partial charge in [0.15, 0.2) is 12.0 Å². The van der Waals surface area contributed by atoms with Crippen molar-refractivity contribution in [2.75, 3.05) is 0 Å². The Morgan fingerprint density at radius 3 is 2.95 bits per heavy atom. The van der Waals surface area contributed by atoms with Gasteiger partial charge in [0.1, 0.15) is 11.3 Å². The molecule has 1 aromatic carbocycles. The molecule has 19 heavy (non-hydrogen) atoms. The van der Waals surface area contributed by atoms with Crippen LogP contribution >= 0.6 is 0 Å². The summed E-state index contributed by atoms with van der Waals surface area (Å²) in [6.45, 7) is 4.72. The number of aldehydes is 1. The highest BCUT2D eigenvalue weighted by atomic mass is 16.3. The minimum absolute atomic E-state index is 0.553. The standard InChI is InChI=1S/C15H14N2O2/c1-3-17-8-12(9-18)15(16-17)14-7-11-5-4-10(2)6-13(11)19-14/h4-9H,3H2,1-2H3. The summed E-state index contributed by atoms with van der Waals surface area (Å²) in [5.74, 6) is 0.634. The largest absolute Gasteiger partial charge is 0.454 e. The maximum atomic E-state index is 11.1. The van der Waals surface area contributed by atoms with Gasteiger partial charge >= 0.3 is 0 Å². The van der Waals surface area contributed by atoms with Crippen molar-refractivity contribution < 1.29 is 9.21 Å². The quantitative estimate of drug-likeness (QED) is 0.673. The van der Waals surface area contributed by atoms with Crippen molar-refractivity contribution in [1.82, 2.24) is 9.78 Å². The minimum atomic E-state index is 0.553. The summed E-state index contributed by atoms with van der Waals surface area (Å²) in [7, 11) is 0. The van der Waals surface area contributed by atoms with E-state index in [1.165, 1.54) is 0 Å². The fourth-order valence-electron chi connectivity index (χ4n) is 2.13. The molecular weight excluding hydrogens is 240 g/mol. The molecule has 4 heteroatoms. The van der Waals surface area contributed by atoms with E-state index in [2.05, 4.69) is 5.10 Å². The summed E-state index contributed by atoms with van der Waals surface area (Å²) >= 11 is 0.